The van der Waals surface area contributed by atoms with E-state index in [4.69, 9.17) is 9.84 Å². The van der Waals surface area contributed by atoms with Gasteiger partial charge in [0.25, 0.3) is 0 Å². The van der Waals surface area contributed by atoms with Crippen LogP contribution in [0.5, 0.6) is 0 Å². The molecule has 0 aromatic rings. The molecule has 1 N–H and O–H groups in total. The molecule has 0 rings (SSSR count). The van der Waals surface area contributed by atoms with Crippen molar-refractivity contribution >= 4 is 15.9 Å². The van der Waals surface area contributed by atoms with E-state index < -0.39 is 0 Å². The Morgan fingerprint density at radius 2 is 2.43 bits per heavy atom. The summed E-state index contributed by atoms with van der Waals surface area (Å²) in [7, 11) is 0. The average Bonchev–Trinajstić information content (AvgIpc) is 1.61. The van der Waals surface area contributed by atoms with Gasteiger partial charge in [-0.3, -0.25) is 0 Å². The van der Waals surface area contributed by atoms with Crippen LogP contribution in [0.15, 0.2) is 0 Å². The van der Waals surface area contributed by atoms with Gasteiger partial charge in [0, 0.05) is 0 Å². The second-order valence-corrected chi connectivity index (χ2v) is 2.43. The van der Waals surface area contributed by atoms with E-state index in [1.54, 1.807) is 0 Å². The van der Waals surface area contributed by atoms with Gasteiger partial charge in [0.05, 0.1) is 13.2 Å². The number of aliphatic hydroxyl groups excluding tert-OH is 1. The highest BCUT2D eigenvalue weighted by molar-refractivity contribution is 9.09. The molecular weight excluding hydrogens is 160 g/mol. The summed E-state index contributed by atoms with van der Waals surface area (Å²) >= 11 is 3.14. The Balaban J connectivity index is 2.68. The zero-order valence-corrected chi connectivity index (χ0v) is 5.81. The SMILES string of the molecule is CC(Br)OCCO. The number of ether oxygens (including phenoxy) is 1. The molecule has 0 fully saturated rings. The van der Waals surface area contributed by atoms with Gasteiger partial charge in [-0.15, -0.1) is 0 Å². The van der Waals surface area contributed by atoms with Crippen LogP contribution in [0.3, 0.4) is 0 Å². The van der Waals surface area contributed by atoms with Crippen LogP contribution in [-0.4, -0.2) is 23.3 Å². The quantitative estimate of drug-likeness (QED) is 0.631. The maximum absolute atomic E-state index is 8.17. The van der Waals surface area contributed by atoms with Crippen molar-refractivity contribution in [3.05, 3.63) is 0 Å². The van der Waals surface area contributed by atoms with E-state index in [9.17, 15) is 0 Å². The summed E-state index contributed by atoms with van der Waals surface area (Å²) in [4.78, 5) is 0. The van der Waals surface area contributed by atoms with Crippen LogP contribution in [0.4, 0.5) is 0 Å². The molecule has 0 bridgehead atoms. The molecule has 0 aromatic carbocycles. The van der Waals surface area contributed by atoms with Crippen molar-refractivity contribution in [2.24, 2.45) is 0 Å². The minimum Gasteiger partial charge on any atom is -0.394 e. The number of aliphatic hydroxyl groups is 1. The summed E-state index contributed by atoms with van der Waals surface area (Å²) < 4.78 is 4.86. The lowest BCUT2D eigenvalue weighted by molar-refractivity contribution is 0.0875. The predicted octanol–water partition coefficient (Wildman–Crippen LogP) is 0.736. The predicted molar refractivity (Wildman–Crippen MR) is 31.4 cm³/mol. The Morgan fingerprint density at radius 3 is 2.57 bits per heavy atom. The summed E-state index contributed by atoms with van der Waals surface area (Å²) in [5, 5.41) is 8.22. The van der Waals surface area contributed by atoms with Gasteiger partial charge < -0.3 is 9.84 Å². The monoisotopic (exact) mass is 168 g/mol. The highest BCUT2D eigenvalue weighted by Crippen LogP contribution is 1.96. The third kappa shape index (κ3) is 6.40. The van der Waals surface area contributed by atoms with Crippen molar-refractivity contribution in [3.8, 4) is 0 Å². The Bertz CT molecular complexity index is 38.7. The van der Waals surface area contributed by atoms with Crippen molar-refractivity contribution < 1.29 is 9.84 Å². The van der Waals surface area contributed by atoms with Crippen molar-refractivity contribution in [2.75, 3.05) is 13.2 Å². The first-order valence-corrected chi connectivity index (χ1v) is 3.05. The lowest BCUT2D eigenvalue weighted by Gasteiger charge is -2.00. The van der Waals surface area contributed by atoms with E-state index in [2.05, 4.69) is 15.9 Å². The van der Waals surface area contributed by atoms with E-state index in [0.717, 1.165) is 0 Å². The van der Waals surface area contributed by atoms with Gasteiger partial charge in [0.15, 0.2) is 0 Å². The van der Waals surface area contributed by atoms with E-state index in [1.807, 2.05) is 6.92 Å². The molecule has 44 valence electrons. The third-order valence-corrected chi connectivity index (χ3v) is 0.703. The molecule has 0 aliphatic rings. The first-order chi connectivity index (χ1) is 3.27. The minimum atomic E-state index is 0.0552. The molecule has 0 aromatic heterocycles. The molecular formula is C4H9BrO2. The van der Waals surface area contributed by atoms with Crippen LogP contribution in [0, 0.1) is 0 Å². The Hall–Kier alpha value is 0.400. The number of halogens is 1. The van der Waals surface area contributed by atoms with Crippen molar-refractivity contribution in [1.82, 2.24) is 0 Å². The Labute approximate surface area is 51.6 Å². The van der Waals surface area contributed by atoms with Gasteiger partial charge in [-0.1, -0.05) is 15.9 Å². The molecule has 1 unspecified atom stereocenters. The molecule has 0 radical (unpaired) electrons. The summed E-state index contributed by atoms with van der Waals surface area (Å²) in [5.74, 6) is 0. The second-order valence-electron chi connectivity index (χ2n) is 1.14. The normalized spacial score (nSPS) is 14.1. The summed E-state index contributed by atoms with van der Waals surface area (Å²) in [6, 6.07) is 0. The molecule has 3 heteroatoms. The molecule has 0 heterocycles. The van der Waals surface area contributed by atoms with E-state index in [-0.39, 0.29) is 11.6 Å². The van der Waals surface area contributed by atoms with Crippen LogP contribution in [-0.2, 0) is 4.74 Å². The molecule has 2 nitrogen and oxygen atoms in total. The first kappa shape index (κ1) is 7.40. The largest absolute Gasteiger partial charge is 0.394 e. The van der Waals surface area contributed by atoms with E-state index in [0.29, 0.717) is 6.61 Å². The van der Waals surface area contributed by atoms with Crippen molar-refractivity contribution in [1.29, 1.82) is 0 Å². The third-order valence-electron chi connectivity index (χ3n) is 0.439. The average molecular weight is 169 g/mol. The van der Waals surface area contributed by atoms with Gasteiger partial charge >= 0.3 is 0 Å². The maximum Gasteiger partial charge on any atom is 0.109 e. The fraction of sp³-hybridized carbons (Fsp3) is 1.00. The molecule has 0 aliphatic carbocycles. The number of hydrogen-bond donors (Lipinski definition) is 1. The molecule has 1 atom stereocenters. The molecule has 0 aliphatic heterocycles. The Kier molecular flexibility index (Phi) is 4.82. The lowest BCUT2D eigenvalue weighted by Crippen LogP contribution is -2.03. The van der Waals surface area contributed by atoms with Gasteiger partial charge in [-0.25, -0.2) is 0 Å². The van der Waals surface area contributed by atoms with Crippen molar-refractivity contribution in [3.63, 3.8) is 0 Å². The molecule has 0 spiro atoms. The van der Waals surface area contributed by atoms with E-state index in [1.165, 1.54) is 0 Å². The molecule has 0 saturated carbocycles. The molecule has 7 heavy (non-hydrogen) atoms. The van der Waals surface area contributed by atoms with Crippen LogP contribution in [0.2, 0.25) is 0 Å². The summed E-state index contributed by atoms with van der Waals surface area (Å²) in [6.45, 7) is 2.36. The summed E-state index contributed by atoms with van der Waals surface area (Å²) in [6.07, 6.45) is 0. The number of rotatable bonds is 3. The number of hydrogen-bond acceptors (Lipinski definition) is 2. The van der Waals surface area contributed by atoms with Crippen LogP contribution in [0.1, 0.15) is 6.92 Å². The first-order valence-electron chi connectivity index (χ1n) is 2.14. The highest BCUT2D eigenvalue weighted by Gasteiger charge is 1.89. The fourth-order valence-electron chi connectivity index (χ4n) is 0.215. The van der Waals surface area contributed by atoms with Gasteiger partial charge in [0.1, 0.15) is 5.01 Å². The number of alkyl halides is 1. The van der Waals surface area contributed by atoms with Crippen molar-refractivity contribution in [2.45, 2.75) is 11.9 Å². The fourth-order valence-corrected chi connectivity index (χ4v) is 0.402. The molecule has 0 saturated heterocycles. The van der Waals surface area contributed by atoms with Gasteiger partial charge in [-0.2, -0.15) is 0 Å². The highest BCUT2D eigenvalue weighted by atomic mass is 79.9. The van der Waals surface area contributed by atoms with Crippen LogP contribution >= 0.6 is 15.9 Å². The maximum atomic E-state index is 8.17. The standard InChI is InChI=1S/C4H9BrO2/c1-4(5)7-3-2-6/h4,6H,2-3H2,1H3. The minimum absolute atomic E-state index is 0.0552. The zero-order valence-electron chi connectivity index (χ0n) is 4.22. The Morgan fingerprint density at radius 1 is 1.86 bits per heavy atom. The lowest BCUT2D eigenvalue weighted by atomic mass is 10.7. The van der Waals surface area contributed by atoms with Crippen LogP contribution < -0.4 is 0 Å². The topological polar surface area (TPSA) is 29.5 Å². The van der Waals surface area contributed by atoms with Crippen LogP contribution in [0.25, 0.3) is 0 Å². The molecule has 0 amide bonds. The zero-order chi connectivity index (χ0) is 5.70. The second kappa shape index (κ2) is 4.56. The van der Waals surface area contributed by atoms with Gasteiger partial charge in [0.2, 0.25) is 0 Å². The summed E-state index contributed by atoms with van der Waals surface area (Å²) in [5.41, 5.74) is 0. The van der Waals surface area contributed by atoms with E-state index >= 15 is 0 Å². The smallest absolute Gasteiger partial charge is 0.109 e. The van der Waals surface area contributed by atoms with Gasteiger partial charge in [-0.05, 0) is 6.92 Å².